The summed E-state index contributed by atoms with van der Waals surface area (Å²) in [6, 6.07) is 19.3. The molecule has 0 atom stereocenters. The van der Waals surface area contributed by atoms with E-state index in [1.807, 2.05) is 0 Å². The molecule has 0 heterocycles. The van der Waals surface area contributed by atoms with E-state index in [1.54, 1.807) is 0 Å². The van der Waals surface area contributed by atoms with Gasteiger partial charge in [-0.25, -0.2) is 0 Å². The molecule has 0 N–H and O–H groups in total. The fourth-order valence-corrected chi connectivity index (χ4v) is 1.90. The second-order valence-electron chi connectivity index (χ2n) is 3.32. The van der Waals surface area contributed by atoms with Gasteiger partial charge >= 0.3 is 21.7 Å². The van der Waals surface area contributed by atoms with Crippen molar-refractivity contribution in [1.29, 1.82) is 0 Å². The van der Waals surface area contributed by atoms with Gasteiger partial charge in [0, 0.05) is 0 Å². The number of hydrogen-bond acceptors (Lipinski definition) is 2. The van der Waals surface area contributed by atoms with Gasteiger partial charge in [0.2, 0.25) is 0 Å². The molecule has 0 bridgehead atoms. The predicted octanol–water partition coefficient (Wildman–Crippen LogP) is 1.66. The van der Waals surface area contributed by atoms with Crippen molar-refractivity contribution in [1.82, 2.24) is 0 Å². The Morgan fingerprint density at radius 1 is 0.667 bits per heavy atom. The van der Waals surface area contributed by atoms with Gasteiger partial charge in [0.1, 0.15) is 0 Å². The Morgan fingerprint density at radius 3 is 1.39 bits per heavy atom. The smallest absolute Gasteiger partial charge is 0.857 e. The third-order valence-electron chi connectivity index (χ3n) is 2.52. The quantitative estimate of drug-likeness (QED) is 0.462. The van der Waals surface area contributed by atoms with E-state index in [2.05, 4.69) is 54.6 Å². The first-order valence-electron chi connectivity index (χ1n) is 5.30. The Morgan fingerprint density at radius 2 is 1.00 bits per heavy atom. The minimum Gasteiger partial charge on any atom is -0.857 e. The third kappa shape index (κ3) is 3.47. The average Bonchev–Trinajstić information content (AvgIpc) is 2.82. The van der Waals surface area contributed by atoms with Gasteiger partial charge in [0.25, 0.3) is 0 Å². The van der Waals surface area contributed by atoms with Crippen molar-refractivity contribution in [3.8, 4) is 0 Å². The number of rotatable bonds is 0. The third-order valence-corrected chi connectivity index (χ3v) is 2.52. The standard InChI is InChI=1S/C13H9.2CH3O.Ti/c1-3-7-12-10(5-1)9-11-6-2-4-8-13(11)12;2*1-2;/h1-9H;2*1H3;/q3*-1;+3. The molecule has 3 rings (SSSR count). The van der Waals surface area contributed by atoms with Crippen LogP contribution in [-0.2, 0) is 21.7 Å². The van der Waals surface area contributed by atoms with Crippen LogP contribution in [0.3, 0.4) is 0 Å². The van der Waals surface area contributed by atoms with Crippen molar-refractivity contribution in [2.45, 2.75) is 0 Å². The summed E-state index contributed by atoms with van der Waals surface area (Å²) in [5.74, 6) is 0. The molecule has 3 aromatic carbocycles. The second-order valence-corrected chi connectivity index (χ2v) is 3.32. The first-order valence-corrected chi connectivity index (χ1v) is 5.30. The average molecular weight is 275 g/mol. The van der Waals surface area contributed by atoms with Crippen molar-refractivity contribution < 1.29 is 31.9 Å². The van der Waals surface area contributed by atoms with Crippen molar-refractivity contribution in [2.24, 2.45) is 0 Å². The molecule has 0 saturated heterocycles. The summed E-state index contributed by atoms with van der Waals surface area (Å²) >= 11 is 0. The maximum Gasteiger partial charge on any atom is 3.00 e. The van der Waals surface area contributed by atoms with Crippen LogP contribution in [0.15, 0.2) is 54.6 Å². The van der Waals surface area contributed by atoms with Crippen LogP contribution >= 0.6 is 0 Å². The molecule has 0 saturated carbocycles. The Bertz CT molecular complexity index is 522. The molecule has 1 radical (unpaired) electrons. The SMILES string of the molecule is C[O-].C[O-].[Ti+3].c1ccc2c(c1)[cH-]c1ccccc12. The van der Waals surface area contributed by atoms with Gasteiger partial charge in [-0.3, -0.25) is 0 Å². The summed E-state index contributed by atoms with van der Waals surface area (Å²) in [5, 5.41) is 21.9. The summed E-state index contributed by atoms with van der Waals surface area (Å²) in [5.41, 5.74) is 0. The van der Waals surface area contributed by atoms with E-state index >= 15 is 0 Å². The fraction of sp³-hybridized carbons (Fsp3) is 0.133. The van der Waals surface area contributed by atoms with Gasteiger partial charge in [-0.2, -0.15) is 14.2 Å². The maximum absolute atomic E-state index is 8.25. The number of hydrogen-bond donors (Lipinski definition) is 0. The largest absolute Gasteiger partial charge is 3.00 e. The van der Waals surface area contributed by atoms with E-state index < -0.39 is 0 Å². The molecule has 0 fully saturated rings. The summed E-state index contributed by atoms with van der Waals surface area (Å²) in [7, 11) is 1.50. The van der Waals surface area contributed by atoms with Crippen molar-refractivity contribution >= 4 is 21.5 Å². The first-order chi connectivity index (χ1) is 8.45. The molecular weight excluding hydrogens is 260 g/mol. The molecule has 91 valence electrons. The molecule has 0 spiro atoms. The van der Waals surface area contributed by atoms with Crippen LogP contribution in [0.2, 0.25) is 0 Å². The van der Waals surface area contributed by atoms with E-state index in [0.717, 1.165) is 14.2 Å². The molecule has 0 aliphatic rings. The minimum atomic E-state index is 0. The number of fused-ring (bicyclic) bond motifs is 3. The number of benzene rings is 2. The fourth-order valence-electron chi connectivity index (χ4n) is 1.90. The van der Waals surface area contributed by atoms with Gasteiger partial charge in [0.05, 0.1) is 0 Å². The summed E-state index contributed by atoms with van der Waals surface area (Å²) in [4.78, 5) is 0. The van der Waals surface area contributed by atoms with Crippen LogP contribution in [0.25, 0.3) is 21.5 Å². The predicted molar refractivity (Wildman–Crippen MR) is 68.9 cm³/mol. The minimum absolute atomic E-state index is 0. The molecule has 3 aromatic rings. The van der Waals surface area contributed by atoms with Crippen LogP contribution in [-0.4, -0.2) is 14.2 Å². The molecule has 0 unspecified atom stereocenters. The van der Waals surface area contributed by atoms with Crippen LogP contribution in [0.5, 0.6) is 0 Å². The maximum atomic E-state index is 8.25. The molecule has 0 aliphatic heterocycles. The van der Waals surface area contributed by atoms with Crippen LogP contribution in [0.4, 0.5) is 0 Å². The first kappa shape index (κ1) is 16.9. The molecule has 0 amide bonds. The van der Waals surface area contributed by atoms with Crippen molar-refractivity contribution in [2.75, 3.05) is 14.2 Å². The molecule has 0 aliphatic carbocycles. The normalized spacial score (nSPS) is 8.67. The Balaban J connectivity index is 0.000000531. The van der Waals surface area contributed by atoms with E-state index in [0.29, 0.717) is 0 Å². The van der Waals surface area contributed by atoms with Crippen LogP contribution in [0, 0.1) is 0 Å². The zero-order valence-corrected chi connectivity index (χ0v) is 12.1. The summed E-state index contributed by atoms with van der Waals surface area (Å²) < 4.78 is 0. The molecular formula is C15H15O2Ti. The Labute approximate surface area is 122 Å². The van der Waals surface area contributed by atoms with Crippen LogP contribution in [0.1, 0.15) is 0 Å². The Kier molecular flexibility index (Phi) is 8.43. The molecule has 2 nitrogen and oxygen atoms in total. The van der Waals surface area contributed by atoms with Gasteiger partial charge < -0.3 is 10.2 Å². The monoisotopic (exact) mass is 275 g/mol. The molecule has 0 aromatic heterocycles. The van der Waals surface area contributed by atoms with E-state index in [9.17, 15) is 0 Å². The van der Waals surface area contributed by atoms with Gasteiger partial charge in [0.15, 0.2) is 0 Å². The van der Waals surface area contributed by atoms with E-state index in [4.69, 9.17) is 10.2 Å². The van der Waals surface area contributed by atoms with Crippen LogP contribution < -0.4 is 10.2 Å². The Hall–Kier alpha value is -1.06. The van der Waals surface area contributed by atoms with Gasteiger partial charge in [-0.1, -0.05) is 36.4 Å². The van der Waals surface area contributed by atoms with E-state index in [1.165, 1.54) is 21.5 Å². The summed E-state index contributed by atoms with van der Waals surface area (Å²) in [6.07, 6.45) is 0. The topological polar surface area (TPSA) is 46.1 Å². The van der Waals surface area contributed by atoms with E-state index in [-0.39, 0.29) is 21.7 Å². The zero-order chi connectivity index (χ0) is 12.7. The second kappa shape index (κ2) is 8.95. The molecule has 3 heteroatoms. The zero-order valence-electron chi connectivity index (χ0n) is 10.5. The van der Waals surface area contributed by atoms with Gasteiger partial charge in [-0.05, 0) is 0 Å². The van der Waals surface area contributed by atoms with Gasteiger partial charge in [-0.15, -0.1) is 39.7 Å². The molecule has 18 heavy (non-hydrogen) atoms. The van der Waals surface area contributed by atoms with Crippen molar-refractivity contribution in [3.05, 3.63) is 54.6 Å². The van der Waals surface area contributed by atoms with Crippen molar-refractivity contribution in [3.63, 3.8) is 0 Å². The summed E-state index contributed by atoms with van der Waals surface area (Å²) in [6.45, 7) is 0.